The number of carbonyl (C=O) groups excluding carboxylic acids is 3. The first-order chi connectivity index (χ1) is 12.0. The van der Waals surface area contributed by atoms with Gasteiger partial charge in [0.05, 0.1) is 13.0 Å². The van der Waals surface area contributed by atoms with Gasteiger partial charge in [0.25, 0.3) is 0 Å². The van der Waals surface area contributed by atoms with E-state index in [4.69, 9.17) is 4.74 Å². The molecular weight excluding hydrogens is 318 g/mol. The minimum atomic E-state index is -0.898. The maximum absolute atomic E-state index is 12.4. The summed E-state index contributed by atoms with van der Waals surface area (Å²) in [7, 11) is 1.27. The lowest BCUT2D eigenvalue weighted by Gasteiger charge is -2.19. The van der Waals surface area contributed by atoms with Crippen LogP contribution in [0, 0.1) is 5.92 Å². The highest BCUT2D eigenvalue weighted by Crippen LogP contribution is 2.11. The molecule has 0 heterocycles. The molecule has 130 valence electrons. The molecule has 0 aliphatic carbocycles. The average Bonchev–Trinajstić information content (AvgIpc) is 2.67. The summed E-state index contributed by atoms with van der Waals surface area (Å²) in [5.74, 6) is -2.23. The summed E-state index contributed by atoms with van der Waals surface area (Å²) >= 11 is 0. The third kappa shape index (κ3) is 5.01. The predicted octanol–water partition coefficient (Wildman–Crippen LogP) is 2.41. The number of hydrogen-bond acceptors (Lipinski definition) is 4. The van der Waals surface area contributed by atoms with Crippen LogP contribution in [0.3, 0.4) is 0 Å². The van der Waals surface area contributed by atoms with Gasteiger partial charge in [0, 0.05) is 12.0 Å². The number of nitrogens with one attached hydrogen (secondary N) is 1. The lowest BCUT2D eigenvalue weighted by molar-refractivity contribution is -0.145. The van der Waals surface area contributed by atoms with E-state index in [-0.39, 0.29) is 5.78 Å². The largest absolute Gasteiger partial charge is 0.467 e. The fourth-order valence-corrected chi connectivity index (χ4v) is 2.45. The number of amides is 1. The summed E-state index contributed by atoms with van der Waals surface area (Å²) in [5, 5.41) is 2.63. The van der Waals surface area contributed by atoms with Crippen molar-refractivity contribution < 1.29 is 19.1 Å². The highest BCUT2D eigenvalue weighted by molar-refractivity contribution is 6.10. The van der Waals surface area contributed by atoms with Gasteiger partial charge in [0.2, 0.25) is 5.91 Å². The topological polar surface area (TPSA) is 72.5 Å². The van der Waals surface area contributed by atoms with E-state index in [1.165, 1.54) is 14.0 Å². The molecule has 0 saturated heterocycles. The van der Waals surface area contributed by atoms with Gasteiger partial charge in [-0.15, -0.1) is 0 Å². The molecule has 0 unspecified atom stereocenters. The quantitative estimate of drug-likeness (QED) is 0.478. The summed E-state index contributed by atoms with van der Waals surface area (Å²) in [4.78, 5) is 36.8. The molecule has 2 aromatic rings. The molecular formula is C20H21NO4. The van der Waals surface area contributed by atoms with E-state index >= 15 is 0 Å². The Bertz CT molecular complexity index is 728. The Kier molecular flexibility index (Phi) is 6.46. The van der Waals surface area contributed by atoms with E-state index in [0.717, 1.165) is 5.56 Å². The van der Waals surface area contributed by atoms with Crippen LogP contribution in [0.1, 0.15) is 22.8 Å². The van der Waals surface area contributed by atoms with Crippen LogP contribution >= 0.6 is 0 Å². The zero-order chi connectivity index (χ0) is 18.2. The van der Waals surface area contributed by atoms with Crippen molar-refractivity contribution in [1.29, 1.82) is 0 Å². The van der Waals surface area contributed by atoms with Crippen molar-refractivity contribution in [3.63, 3.8) is 0 Å². The Hall–Kier alpha value is -2.95. The lowest BCUT2D eigenvalue weighted by Crippen LogP contribution is -2.46. The van der Waals surface area contributed by atoms with Crippen LogP contribution in [0.2, 0.25) is 0 Å². The second-order valence-electron chi connectivity index (χ2n) is 5.73. The van der Waals surface area contributed by atoms with E-state index in [9.17, 15) is 14.4 Å². The molecule has 2 aromatic carbocycles. The minimum Gasteiger partial charge on any atom is -0.467 e. The molecule has 5 nitrogen and oxygen atoms in total. The molecule has 0 aliphatic rings. The number of carbonyl (C=O) groups is 3. The fourth-order valence-electron chi connectivity index (χ4n) is 2.45. The maximum atomic E-state index is 12.4. The van der Waals surface area contributed by atoms with Crippen LogP contribution in [-0.4, -0.2) is 30.8 Å². The molecule has 0 fully saturated rings. The molecule has 0 radical (unpaired) electrons. The Balaban J connectivity index is 2.08. The van der Waals surface area contributed by atoms with Gasteiger partial charge in [-0.25, -0.2) is 4.79 Å². The summed E-state index contributed by atoms with van der Waals surface area (Å²) in [5.41, 5.74) is 1.35. The number of rotatable bonds is 7. The van der Waals surface area contributed by atoms with Crippen molar-refractivity contribution in [1.82, 2.24) is 5.32 Å². The Labute approximate surface area is 147 Å². The van der Waals surface area contributed by atoms with E-state index in [2.05, 4.69) is 5.32 Å². The number of ether oxygens (including phenoxy) is 1. The second-order valence-corrected chi connectivity index (χ2v) is 5.73. The highest BCUT2D eigenvalue weighted by Gasteiger charge is 2.28. The summed E-state index contributed by atoms with van der Waals surface area (Å²) in [6.45, 7) is 1.53. The van der Waals surface area contributed by atoms with Gasteiger partial charge in [-0.1, -0.05) is 60.7 Å². The molecule has 25 heavy (non-hydrogen) atoms. The number of esters is 1. The van der Waals surface area contributed by atoms with E-state index in [1.54, 1.807) is 30.3 Å². The first-order valence-corrected chi connectivity index (χ1v) is 8.04. The smallest absolute Gasteiger partial charge is 0.328 e. The predicted molar refractivity (Wildman–Crippen MR) is 94.0 cm³/mol. The second kappa shape index (κ2) is 8.78. The fraction of sp³-hybridized carbons (Fsp3) is 0.250. The third-order valence-electron chi connectivity index (χ3n) is 3.93. The lowest BCUT2D eigenvalue weighted by atomic mass is 9.97. The Morgan fingerprint density at radius 2 is 1.52 bits per heavy atom. The van der Waals surface area contributed by atoms with Gasteiger partial charge in [-0.2, -0.15) is 0 Å². The molecule has 2 atom stereocenters. The summed E-state index contributed by atoms with van der Waals surface area (Å²) in [6.07, 6.45) is 0.297. The van der Waals surface area contributed by atoms with Crippen LogP contribution < -0.4 is 5.32 Å². The SMILES string of the molecule is COC(=O)[C@@H](Cc1ccccc1)NC(=O)[C@@H](C)C(=O)c1ccccc1. The van der Waals surface area contributed by atoms with Gasteiger partial charge in [0.15, 0.2) is 5.78 Å². The number of benzene rings is 2. The standard InChI is InChI=1S/C20H21NO4/c1-14(18(22)16-11-7-4-8-12-16)19(23)21-17(20(24)25-2)13-15-9-5-3-6-10-15/h3-12,14,17H,13H2,1-2H3,(H,21,23)/t14-,17+/m0/s1. The van der Waals surface area contributed by atoms with Crippen molar-refractivity contribution in [2.45, 2.75) is 19.4 Å². The zero-order valence-electron chi connectivity index (χ0n) is 14.3. The third-order valence-corrected chi connectivity index (χ3v) is 3.93. The van der Waals surface area contributed by atoms with Crippen molar-refractivity contribution in [3.05, 3.63) is 71.8 Å². The van der Waals surface area contributed by atoms with Crippen LogP contribution in [-0.2, 0) is 20.7 Å². The Morgan fingerprint density at radius 3 is 2.08 bits per heavy atom. The first kappa shape index (κ1) is 18.4. The average molecular weight is 339 g/mol. The zero-order valence-corrected chi connectivity index (χ0v) is 14.3. The Morgan fingerprint density at radius 1 is 0.960 bits per heavy atom. The molecule has 0 spiro atoms. The van der Waals surface area contributed by atoms with Gasteiger partial charge < -0.3 is 10.1 Å². The van der Waals surface area contributed by atoms with Crippen LogP contribution in [0.25, 0.3) is 0 Å². The highest BCUT2D eigenvalue weighted by atomic mass is 16.5. The molecule has 0 aliphatic heterocycles. The van der Waals surface area contributed by atoms with Crippen molar-refractivity contribution in [2.24, 2.45) is 5.92 Å². The van der Waals surface area contributed by atoms with Gasteiger partial charge in [-0.3, -0.25) is 9.59 Å². The normalized spacial score (nSPS) is 12.7. The number of hydrogen-bond donors (Lipinski definition) is 1. The van der Waals surface area contributed by atoms with Crippen molar-refractivity contribution in [3.8, 4) is 0 Å². The molecule has 0 saturated carbocycles. The van der Waals surface area contributed by atoms with Crippen LogP contribution in [0.4, 0.5) is 0 Å². The molecule has 0 aromatic heterocycles. The molecule has 1 N–H and O–H groups in total. The van der Waals surface area contributed by atoms with E-state index in [0.29, 0.717) is 12.0 Å². The molecule has 5 heteroatoms. The van der Waals surface area contributed by atoms with E-state index < -0.39 is 23.8 Å². The van der Waals surface area contributed by atoms with Gasteiger partial charge >= 0.3 is 5.97 Å². The summed E-state index contributed by atoms with van der Waals surface area (Å²) in [6, 6.07) is 17.1. The van der Waals surface area contributed by atoms with E-state index in [1.807, 2.05) is 30.3 Å². The van der Waals surface area contributed by atoms with Crippen molar-refractivity contribution in [2.75, 3.05) is 7.11 Å². The number of ketones is 1. The number of methoxy groups -OCH3 is 1. The maximum Gasteiger partial charge on any atom is 0.328 e. The van der Waals surface area contributed by atoms with Crippen molar-refractivity contribution >= 4 is 17.7 Å². The number of Topliss-reactive ketones (excluding diaryl/α,β-unsaturated/α-hetero) is 1. The first-order valence-electron chi connectivity index (χ1n) is 8.04. The monoisotopic (exact) mass is 339 g/mol. The molecule has 1 amide bonds. The van der Waals surface area contributed by atoms with Gasteiger partial charge in [-0.05, 0) is 12.5 Å². The minimum absolute atomic E-state index is 0.290. The molecule has 0 bridgehead atoms. The summed E-state index contributed by atoms with van der Waals surface area (Å²) < 4.78 is 4.77. The van der Waals surface area contributed by atoms with Crippen LogP contribution in [0.5, 0.6) is 0 Å². The molecule has 2 rings (SSSR count). The van der Waals surface area contributed by atoms with Crippen LogP contribution in [0.15, 0.2) is 60.7 Å². The van der Waals surface area contributed by atoms with Gasteiger partial charge in [0.1, 0.15) is 6.04 Å².